The van der Waals surface area contributed by atoms with E-state index < -0.39 is 0 Å². The van der Waals surface area contributed by atoms with Crippen molar-refractivity contribution < 1.29 is 9.50 Å². The maximum atomic E-state index is 13.6. The molecule has 0 bridgehead atoms. The van der Waals surface area contributed by atoms with Gasteiger partial charge in [0.15, 0.2) is 0 Å². The third-order valence-electron chi connectivity index (χ3n) is 5.27. The Balaban J connectivity index is 2.33. The number of halogens is 1. The molecule has 0 amide bonds. The molecule has 0 aliphatic rings. The standard InChI is InChI=1S/C27H30FNO/c1-17(2)26-23(14-9-20-8-6-7-19(5)15-20)25(21-10-12-22(28)13-11-21)24(16-30)27(29-26)18(3)4/h6-15,17-18,30H,16H2,1-5H3/b14-9+. The fraction of sp³-hybridized carbons (Fsp3) is 0.296. The van der Waals surface area contributed by atoms with Crippen LogP contribution in [0.3, 0.4) is 0 Å². The minimum atomic E-state index is -0.275. The van der Waals surface area contributed by atoms with Crippen molar-refractivity contribution in [2.75, 3.05) is 0 Å². The summed E-state index contributed by atoms with van der Waals surface area (Å²) >= 11 is 0. The number of hydrogen-bond acceptors (Lipinski definition) is 2. The molecule has 0 spiro atoms. The highest BCUT2D eigenvalue weighted by Crippen LogP contribution is 2.37. The Bertz CT molecular complexity index is 1050. The van der Waals surface area contributed by atoms with Gasteiger partial charge in [-0.3, -0.25) is 4.98 Å². The second-order valence-corrected chi connectivity index (χ2v) is 8.37. The first-order valence-corrected chi connectivity index (χ1v) is 10.5. The van der Waals surface area contributed by atoms with E-state index in [1.165, 1.54) is 17.7 Å². The van der Waals surface area contributed by atoms with Gasteiger partial charge >= 0.3 is 0 Å². The maximum absolute atomic E-state index is 13.6. The van der Waals surface area contributed by atoms with E-state index in [1.807, 2.05) is 6.07 Å². The van der Waals surface area contributed by atoms with Crippen LogP contribution >= 0.6 is 0 Å². The SMILES string of the molecule is Cc1cccc(/C=C/c2c(C(C)C)nc(C(C)C)c(CO)c2-c2ccc(F)cc2)c1. The normalized spacial score (nSPS) is 11.8. The molecule has 30 heavy (non-hydrogen) atoms. The lowest BCUT2D eigenvalue weighted by Crippen LogP contribution is -2.10. The zero-order chi connectivity index (χ0) is 21.8. The molecule has 2 nitrogen and oxygen atoms in total. The molecular weight excluding hydrogens is 373 g/mol. The summed E-state index contributed by atoms with van der Waals surface area (Å²) < 4.78 is 13.6. The molecule has 0 aliphatic heterocycles. The smallest absolute Gasteiger partial charge is 0.123 e. The second-order valence-electron chi connectivity index (χ2n) is 8.37. The van der Waals surface area contributed by atoms with Crippen molar-refractivity contribution in [3.63, 3.8) is 0 Å². The molecule has 0 saturated carbocycles. The zero-order valence-corrected chi connectivity index (χ0v) is 18.4. The third-order valence-corrected chi connectivity index (χ3v) is 5.27. The van der Waals surface area contributed by atoms with Crippen molar-refractivity contribution in [3.8, 4) is 11.1 Å². The van der Waals surface area contributed by atoms with E-state index in [2.05, 4.69) is 65.0 Å². The third kappa shape index (κ3) is 4.68. The molecule has 1 N–H and O–H groups in total. The quantitative estimate of drug-likeness (QED) is 0.476. The Morgan fingerprint density at radius 3 is 2.17 bits per heavy atom. The van der Waals surface area contributed by atoms with E-state index in [9.17, 15) is 9.50 Å². The average molecular weight is 404 g/mol. The van der Waals surface area contributed by atoms with Crippen LogP contribution in [0.25, 0.3) is 23.3 Å². The summed E-state index contributed by atoms with van der Waals surface area (Å²) in [5, 5.41) is 10.3. The Morgan fingerprint density at radius 1 is 0.933 bits per heavy atom. The van der Waals surface area contributed by atoms with E-state index in [0.29, 0.717) is 0 Å². The molecular formula is C27H30FNO. The molecule has 0 radical (unpaired) electrons. The molecule has 0 unspecified atom stereocenters. The second kappa shape index (κ2) is 9.36. The number of rotatable bonds is 6. The lowest BCUT2D eigenvalue weighted by molar-refractivity contribution is 0.280. The number of aryl methyl sites for hydroxylation is 1. The molecule has 1 heterocycles. The van der Waals surface area contributed by atoms with Gasteiger partial charge < -0.3 is 5.11 Å². The Labute approximate surface area is 179 Å². The summed E-state index contributed by atoms with van der Waals surface area (Å²) in [5.41, 5.74) is 7.79. The minimum absolute atomic E-state index is 0.114. The molecule has 1 aromatic heterocycles. The lowest BCUT2D eigenvalue weighted by Gasteiger charge is -2.23. The molecule has 0 atom stereocenters. The fourth-order valence-electron chi connectivity index (χ4n) is 3.82. The van der Waals surface area contributed by atoms with Crippen LogP contribution in [0.15, 0.2) is 48.5 Å². The highest BCUT2D eigenvalue weighted by molar-refractivity contribution is 5.84. The monoisotopic (exact) mass is 403 g/mol. The molecule has 0 aliphatic carbocycles. The van der Waals surface area contributed by atoms with E-state index in [0.717, 1.165) is 39.2 Å². The first kappa shape index (κ1) is 21.9. The highest BCUT2D eigenvalue weighted by atomic mass is 19.1. The average Bonchev–Trinajstić information content (AvgIpc) is 2.71. The van der Waals surface area contributed by atoms with Gasteiger partial charge in [-0.1, -0.05) is 81.8 Å². The molecule has 2 aromatic carbocycles. The Morgan fingerprint density at radius 2 is 1.60 bits per heavy atom. The Hall–Kier alpha value is -2.78. The van der Waals surface area contributed by atoms with E-state index in [4.69, 9.17) is 4.98 Å². The van der Waals surface area contributed by atoms with E-state index in [-0.39, 0.29) is 24.3 Å². The minimum Gasteiger partial charge on any atom is -0.392 e. The van der Waals surface area contributed by atoms with Gasteiger partial charge in [0, 0.05) is 16.8 Å². The fourth-order valence-corrected chi connectivity index (χ4v) is 3.82. The summed E-state index contributed by atoms with van der Waals surface area (Å²) in [6.45, 7) is 10.4. The lowest BCUT2D eigenvalue weighted by atomic mass is 9.87. The molecule has 0 saturated heterocycles. The van der Waals surface area contributed by atoms with Crippen LogP contribution in [-0.2, 0) is 6.61 Å². The zero-order valence-electron chi connectivity index (χ0n) is 18.4. The summed E-state index contributed by atoms with van der Waals surface area (Å²) in [6.07, 6.45) is 4.16. The highest BCUT2D eigenvalue weighted by Gasteiger charge is 2.22. The molecule has 3 aromatic rings. The van der Waals surface area contributed by atoms with Crippen molar-refractivity contribution in [1.29, 1.82) is 0 Å². The maximum Gasteiger partial charge on any atom is 0.123 e. The van der Waals surface area contributed by atoms with Crippen LogP contribution in [0.5, 0.6) is 0 Å². The predicted molar refractivity (Wildman–Crippen MR) is 124 cm³/mol. The van der Waals surface area contributed by atoms with Gasteiger partial charge in [-0.05, 0) is 47.6 Å². The van der Waals surface area contributed by atoms with Gasteiger partial charge in [0.2, 0.25) is 0 Å². The van der Waals surface area contributed by atoms with Crippen LogP contribution in [0.4, 0.5) is 4.39 Å². The van der Waals surface area contributed by atoms with Gasteiger partial charge in [0.05, 0.1) is 12.3 Å². The number of aromatic nitrogens is 1. The Kier molecular flexibility index (Phi) is 6.84. The number of aliphatic hydroxyl groups excluding tert-OH is 1. The first-order chi connectivity index (χ1) is 14.3. The summed E-state index contributed by atoms with van der Waals surface area (Å²) in [4.78, 5) is 4.99. The predicted octanol–water partition coefficient (Wildman–Crippen LogP) is 7.11. The number of pyridine rings is 1. The van der Waals surface area contributed by atoms with Crippen LogP contribution in [0, 0.1) is 12.7 Å². The van der Waals surface area contributed by atoms with Gasteiger partial charge in [0.1, 0.15) is 5.82 Å². The van der Waals surface area contributed by atoms with Crippen molar-refractivity contribution in [3.05, 3.63) is 88.0 Å². The van der Waals surface area contributed by atoms with Crippen LogP contribution < -0.4 is 0 Å². The van der Waals surface area contributed by atoms with E-state index in [1.54, 1.807) is 12.1 Å². The van der Waals surface area contributed by atoms with E-state index >= 15 is 0 Å². The summed E-state index contributed by atoms with van der Waals surface area (Å²) in [7, 11) is 0. The molecule has 3 rings (SSSR count). The topological polar surface area (TPSA) is 33.1 Å². The van der Waals surface area contributed by atoms with Crippen LogP contribution in [0.2, 0.25) is 0 Å². The molecule has 3 heteroatoms. The number of benzene rings is 2. The first-order valence-electron chi connectivity index (χ1n) is 10.5. The van der Waals surface area contributed by atoms with Crippen LogP contribution in [-0.4, -0.2) is 10.1 Å². The van der Waals surface area contributed by atoms with Gasteiger partial charge in [-0.15, -0.1) is 0 Å². The number of nitrogens with zero attached hydrogens (tertiary/aromatic N) is 1. The summed E-state index contributed by atoms with van der Waals surface area (Å²) in [6, 6.07) is 14.8. The summed E-state index contributed by atoms with van der Waals surface area (Å²) in [5.74, 6) is 0.0913. The van der Waals surface area contributed by atoms with Crippen molar-refractivity contribution >= 4 is 12.2 Å². The van der Waals surface area contributed by atoms with Crippen molar-refractivity contribution in [1.82, 2.24) is 4.98 Å². The largest absolute Gasteiger partial charge is 0.392 e. The van der Waals surface area contributed by atoms with Crippen LogP contribution in [0.1, 0.15) is 73.2 Å². The number of aliphatic hydroxyl groups is 1. The molecule has 0 fully saturated rings. The van der Waals surface area contributed by atoms with Crippen molar-refractivity contribution in [2.45, 2.75) is 53.1 Å². The van der Waals surface area contributed by atoms with Gasteiger partial charge in [-0.2, -0.15) is 0 Å². The number of hydrogen-bond donors (Lipinski definition) is 1. The molecule has 156 valence electrons. The van der Waals surface area contributed by atoms with Gasteiger partial charge in [0.25, 0.3) is 0 Å². The van der Waals surface area contributed by atoms with Gasteiger partial charge in [-0.25, -0.2) is 4.39 Å². The van der Waals surface area contributed by atoms with Crippen molar-refractivity contribution in [2.24, 2.45) is 0 Å².